The average molecular weight is 651 g/mol. The summed E-state index contributed by atoms with van der Waals surface area (Å²) in [5.74, 6) is 2.43. The molecule has 0 unspecified atom stereocenters. The van der Waals surface area contributed by atoms with Crippen molar-refractivity contribution >= 4 is 28.7 Å². The molecule has 3 aliphatic heterocycles. The molecule has 0 bridgehead atoms. The van der Waals surface area contributed by atoms with Crippen LogP contribution in [-0.2, 0) is 23.4 Å². The predicted molar refractivity (Wildman–Crippen MR) is 174 cm³/mol. The van der Waals surface area contributed by atoms with Crippen molar-refractivity contribution in [1.29, 1.82) is 5.26 Å². The van der Waals surface area contributed by atoms with Gasteiger partial charge in [-0.15, -0.1) is 10.2 Å². The van der Waals surface area contributed by atoms with Gasteiger partial charge in [0, 0.05) is 28.8 Å². The third-order valence-corrected chi connectivity index (χ3v) is 9.84. The molecule has 2 atom stereocenters. The Morgan fingerprint density at radius 2 is 2.00 bits per heavy atom. The van der Waals surface area contributed by atoms with Crippen molar-refractivity contribution in [3.05, 3.63) is 100 Å². The molecule has 8 rings (SSSR count). The van der Waals surface area contributed by atoms with Crippen LogP contribution in [0.1, 0.15) is 60.4 Å². The zero-order chi connectivity index (χ0) is 32.1. The lowest BCUT2D eigenvalue weighted by Crippen LogP contribution is -2.36. The van der Waals surface area contributed by atoms with Gasteiger partial charge in [-0.2, -0.15) is 5.26 Å². The summed E-state index contributed by atoms with van der Waals surface area (Å²) in [5.41, 5.74) is 3.41. The van der Waals surface area contributed by atoms with Crippen LogP contribution in [0.2, 0.25) is 5.02 Å². The third kappa shape index (κ3) is 5.46. The molecule has 5 aromatic rings. The molecule has 12 heteroatoms. The molecule has 47 heavy (non-hydrogen) atoms. The third-order valence-electron chi connectivity index (χ3n) is 9.60. The van der Waals surface area contributed by atoms with Crippen LogP contribution in [0.15, 0.2) is 61.1 Å². The highest BCUT2D eigenvalue weighted by Gasteiger charge is 2.35. The molecule has 238 valence electrons. The van der Waals surface area contributed by atoms with Crippen molar-refractivity contribution in [3.63, 3.8) is 0 Å². The van der Waals surface area contributed by atoms with Crippen LogP contribution >= 0.6 is 11.6 Å². The van der Waals surface area contributed by atoms with E-state index in [4.69, 9.17) is 26.1 Å². The molecule has 2 aromatic carbocycles. The van der Waals surface area contributed by atoms with E-state index < -0.39 is 5.60 Å². The van der Waals surface area contributed by atoms with Crippen LogP contribution in [0.5, 0.6) is 5.75 Å². The minimum absolute atomic E-state index is 0.157. The Morgan fingerprint density at radius 1 is 1.15 bits per heavy atom. The number of pyridine rings is 1. The summed E-state index contributed by atoms with van der Waals surface area (Å²) in [6.07, 6.45) is 10.3. The van der Waals surface area contributed by atoms with E-state index in [1.807, 2.05) is 37.4 Å². The van der Waals surface area contributed by atoms with E-state index >= 15 is 0 Å². The Balaban J connectivity index is 1.02. The summed E-state index contributed by atoms with van der Waals surface area (Å²) in [5, 5.41) is 17.5. The van der Waals surface area contributed by atoms with Gasteiger partial charge in [-0.05, 0) is 69.0 Å². The average Bonchev–Trinajstić information content (AvgIpc) is 3.66. The fraction of sp³-hybridized carbons (Fsp3) is 0.343. The lowest BCUT2D eigenvalue weighted by molar-refractivity contribution is -0.0592. The number of benzene rings is 2. The highest BCUT2D eigenvalue weighted by atomic mass is 35.5. The van der Waals surface area contributed by atoms with Crippen molar-refractivity contribution in [2.75, 3.05) is 19.7 Å². The number of likely N-dealkylation sites (tertiary alicyclic amines) is 1. The zero-order valence-corrected chi connectivity index (χ0v) is 26.6. The largest absolute Gasteiger partial charge is 0.478 e. The first-order valence-electron chi connectivity index (χ1n) is 15.8. The number of imidazole rings is 1. The fourth-order valence-electron chi connectivity index (χ4n) is 6.91. The number of hydrogen-bond donors (Lipinski definition) is 0. The van der Waals surface area contributed by atoms with Gasteiger partial charge in [-0.1, -0.05) is 41.9 Å². The summed E-state index contributed by atoms with van der Waals surface area (Å²) >= 11 is 6.04. The van der Waals surface area contributed by atoms with Gasteiger partial charge in [-0.25, -0.2) is 14.4 Å². The molecule has 0 aliphatic carbocycles. The number of hydrogen-bond acceptors (Lipinski definition) is 8. The number of ether oxygens (including phenoxy) is 2. The SMILES string of the molecule is C[C@]1(c2ccc(Cl)cc2F)C=Cc2cccc(C3CCN(Cc4nc5cc(-n6cnnc6C#N)ncc5n4C[C@@H]4CCO4)CC3)c2O1. The van der Waals surface area contributed by atoms with E-state index in [1.54, 1.807) is 16.7 Å². The second-order valence-electron chi connectivity index (χ2n) is 12.6. The van der Waals surface area contributed by atoms with E-state index in [-0.39, 0.29) is 17.7 Å². The second-order valence-corrected chi connectivity index (χ2v) is 13.0. The van der Waals surface area contributed by atoms with Crippen LogP contribution in [0, 0.1) is 17.1 Å². The number of nitrogens with zero attached hydrogens (tertiary/aromatic N) is 8. The Bertz CT molecular complexity index is 2060. The number of para-hydroxylation sites is 1. The maximum Gasteiger partial charge on any atom is 0.240 e. The molecule has 2 fully saturated rings. The van der Waals surface area contributed by atoms with Crippen LogP contribution < -0.4 is 4.74 Å². The predicted octanol–water partition coefficient (Wildman–Crippen LogP) is 6.17. The number of fused-ring (bicyclic) bond motifs is 2. The topological polar surface area (TPSA) is 107 Å². The highest BCUT2D eigenvalue weighted by Crippen LogP contribution is 2.44. The smallest absolute Gasteiger partial charge is 0.240 e. The zero-order valence-electron chi connectivity index (χ0n) is 25.8. The summed E-state index contributed by atoms with van der Waals surface area (Å²) in [4.78, 5) is 12.1. The van der Waals surface area contributed by atoms with Crippen molar-refractivity contribution < 1.29 is 13.9 Å². The minimum atomic E-state index is -0.943. The van der Waals surface area contributed by atoms with Crippen molar-refractivity contribution in [1.82, 2.24) is 34.2 Å². The molecule has 0 saturated carbocycles. The van der Waals surface area contributed by atoms with Gasteiger partial charge in [0.1, 0.15) is 35.6 Å². The lowest BCUT2D eigenvalue weighted by atomic mass is 9.85. The first-order chi connectivity index (χ1) is 22.9. The number of halogens is 2. The number of rotatable bonds is 7. The van der Waals surface area contributed by atoms with Gasteiger partial charge >= 0.3 is 0 Å². The summed E-state index contributed by atoms with van der Waals surface area (Å²) in [6.45, 7) is 5.88. The normalized spacial score (nSPS) is 21.3. The summed E-state index contributed by atoms with van der Waals surface area (Å²) < 4.78 is 31.2. The highest BCUT2D eigenvalue weighted by molar-refractivity contribution is 6.30. The van der Waals surface area contributed by atoms with E-state index in [0.717, 1.165) is 72.7 Å². The van der Waals surface area contributed by atoms with Crippen molar-refractivity contribution in [2.45, 2.75) is 56.9 Å². The minimum Gasteiger partial charge on any atom is -0.478 e. The molecule has 0 amide bonds. The Hall–Kier alpha value is -4.63. The number of aromatic nitrogens is 6. The molecule has 0 spiro atoms. The monoisotopic (exact) mass is 650 g/mol. The van der Waals surface area contributed by atoms with E-state index in [2.05, 4.69) is 42.9 Å². The van der Waals surface area contributed by atoms with Gasteiger partial charge < -0.3 is 14.0 Å². The maximum absolute atomic E-state index is 15.0. The number of nitriles is 1. The van der Waals surface area contributed by atoms with Gasteiger partial charge in [-0.3, -0.25) is 9.47 Å². The summed E-state index contributed by atoms with van der Waals surface area (Å²) in [6, 6.07) is 14.9. The van der Waals surface area contributed by atoms with E-state index in [0.29, 0.717) is 35.4 Å². The van der Waals surface area contributed by atoms with Crippen LogP contribution in [0.3, 0.4) is 0 Å². The molecule has 3 aliphatic rings. The summed E-state index contributed by atoms with van der Waals surface area (Å²) in [7, 11) is 0. The second kappa shape index (κ2) is 11.9. The van der Waals surface area contributed by atoms with Gasteiger partial charge in [0.25, 0.3) is 0 Å². The standard InChI is InChI=1S/C35H32ClFN8O2/c1-35(27-6-5-24(36)15-28(27)37)11-7-23-3-2-4-26(34(23)47-35)22-8-12-43(13-9-22)20-33-41-29-16-31(45-21-40-42-32(45)17-38)39-18-30(29)44(33)19-25-10-14-46-25/h2-7,11,15-16,18,21-22,25H,8-10,12-14,19-20H2,1H3/t25-,35+/m0/s1. The fourth-order valence-corrected chi connectivity index (χ4v) is 7.07. The van der Waals surface area contributed by atoms with Crippen LogP contribution in [0.25, 0.3) is 22.9 Å². The Kier molecular flexibility index (Phi) is 7.51. The molecular weight excluding hydrogens is 619 g/mol. The first-order valence-corrected chi connectivity index (χ1v) is 16.2. The van der Waals surface area contributed by atoms with Crippen LogP contribution in [-0.4, -0.2) is 60.0 Å². The molecule has 0 radical (unpaired) electrons. The van der Waals surface area contributed by atoms with Gasteiger partial charge in [0.2, 0.25) is 5.82 Å². The maximum atomic E-state index is 15.0. The van der Waals surface area contributed by atoms with Gasteiger partial charge in [0.15, 0.2) is 5.60 Å². The Labute approximate surface area is 276 Å². The number of piperidine rings is 1. The van der Waals surface area contributed by atoms with E-state index in [9.17, 15) is 9.65 Å². The van der Waals surface area contributed by atoms with Crippen molar-refractivity contribution in [2.24, 2.45) is 0 Å². The molecule has 10 nitrogen and oxygen atoms in total. The van der Waals surface area contributed by atoms with Crippen molar-refractivity contribution in [3.8, 4) is 17.6 Å². The van der Waals surface area contributed by atoms with Crippen LogP contribution in [0.4, 0.5) is 4.39 Å². The molecular formula is C35H32ClFN8O2. The van der Waals surface area contributed by atoms with Gasteiger partial charge in [0.05, 0.1) is 36.4 Å². The first kappa shape index (κ1) is 29.8. The Morgan fingerprint density at radius 3 is 2.77 bits per heavy atom. The molecule has 0 N–H and O–H groups in total. The molecule has 2 saturated heterocycles. The molecule has 3 aromatic heterocycles. The molecule has 6 heterocycles. The quantitative estimate of drug-likeness (QED) is 0.206. The van der Waals surface area contributed by atoms with E-state index in [1.165, 1.54) is 12.4 Å². The lowest BCUT2D eigenvalue weighted by Gasteiger charge is -2.37.